The number of sulfonamides is 1. The normalized spacial score (nSPS) is 22.3. The summed E-state index contributed by atoms with van der Waals surface area (Å²) in [5.41, 5.74) is 1.30. The zero-order valence-corrected chi connectivity index (χ0v) is 24.0. The van der Waals surface area contributed by atoms with Crippen molar-refractivity contribution in [2.24, 2.45) is 11.8 Å². The topological polar surface area (TPSA) is 79.0 Å². The van der Waals surface area contributed by atoms with Crippen LogP contribution in [0.1, 0.15) is 50.1 Å². The molecule has 1 aliphatic carbocycles. The van der Waals surface area contributed by atoms with E-state index in [1.54, 1.807) is 30.3 Å². The molecule has 2 aromatic carbocycles. The quantitative estimate of drug-likeness (QED) is 0.453. The summed E-state index contributed by atoms with van der Waals surface area (Å²) in [6, 6.07) is 17.1. The van der Waals surface area contributed by atoms with Crippen LogP contribution < -0.4 is 5.32 Å². The fourth-order valence-corrected chi connectivity index (χ4v) is 7.46. The highest BCUT2D eigenvalue weighted by Crippen LogP contribution is 2.39. The summed E-state index contributed by atoms with van der Waals surface area (Å²) in [5.74, 6) is 0.964. The average molecular weight is 562 g/mol. The molecule has 0 bridgehead atoms. The van der Waals surface area contributed by atoms with E-state index in [2.05, 4.69) is 36.4 Å². The van der Waals surface area contributed by atoms with E-state index in [0.29, 0.717) is 55.2 Å². The predicted molar refractivity (Wildman–Crippen MR) is 151 cm³/mol. The summed E-state index contributed by atoms with van der Waals surface area (Å²) < 4.78 is 32.9. The molecule has 2 aliphatic rings. The molecule has 7 nitrogen and oxygen atoms in total. The van der Waals surface area contributed by atoms with E-state index in [0.717, 1.165) is 30.7 Å². The van der Waals surface area contributed by atoms with Crippen LogP contribution in [0.25, 0.3) is 0 Å². The molecule has 0 radical (unpaired) electrons. The van der Waals surface area contributed by atoms with E-state index in [-0.39, 0.29) is 18.6 Å². The Morgan fingerprint density at radius 1 is 1.00 bits per heavy atom. The third kappa shape index (κ3) is 7.57. The number of benzene rings is 2. The lowest BCUT2D eigenvalue weighted by Crippen LogP contribution is -2.42. The van der Waals surface area contributed by atoms with Crippen LogP contribution in [0, 0.1) is 11.8 Å². The van der Waals surface area contributed by atoms with E-state index < -0.39 is 10.0 Å². The minimum Gasteiger partial charge on any atom is -0.368 e. The van der Waals surface area contributed by atoms with Crippen LogP contribution in [0.4, 0.5) is 0 Å². The molecule has 1 aliphatic heterocycles. The number of amides is 1. The summed E-state index contributed by atoms with van der Waals surface area (Å²) >= 11 is 6.09. The fourth-order valence-electron chi connectivity index (χ4n) is 5.84. The number of rotatable bonds is 10. The minimum absolute atomic E-state index is 0.0186. The maximum Gasteiger partial charge on any atom is 0.246 e. The first-order valence-electron chi connectivity index (χ1n) is 13.6. The second-order valence-corrected chi connectivity index (χ2v) is 13.1. The van der Waals surface area contributed by atoms with E-state index in [4.69, 9.17) is 16.3 Å². The molecule has 4 rings (SSSR count). The second-order valence-electron chi connectivity index (χ2n) is 10.8. The van der Waals surface area contributed by atoms with Crippen molar-refractivity contribution in [2.75, 3.05) is 40.3 Å². The monoisotopic (exact) mass is 561 g/mol. The zero-order chi connectivity index (χ0) is 27.1. The molecule has 2 fully saturated rings. The Kier molecular flexibility index (Phi) is 10.2. The van der Waals surface area contributed by atoms with E-state index >= 15 is 0 Å². The highest BCUT2D eigenvalue weighted by Gasteiger charge is 2.31. The van der Waals surface area contributed by atoms with Crippen LogP contribution in [0.2, 0.25) is 5.02 Å². The Morgan fingerprint density at radius 3 is 2.24 bits per heavy atom. The second kappa shape index (κ2) is 13.4. The van der Waals surface area contributed by atoms with Gasteiger partial charge in [-0.1, -0.05) is 41.9 Å². The molecule has 208 valence electrons. The van der Waals surface area contributed by atoms with Gasteiger partial charge < -0.3 is 15.0 Å². The van der Waals surface area contributed by atoms with Gasteiger partial charge in [0.15, 0.2) is 0 Å². The molecular formula is C29H40ClN3O4S. The summed E-state index contributed by atoms with van der Waals surface area (Å²) in [5, 5.41) is 3.82. The Bertz CT molecular complexity index is 1130. The molecule has 9 heteroatoms. The lowest BCUT2D eigenvalue weighted by Gasteiger charge is -2.37. The minimum atomic E-state index is -3.48. The summed E-state index contributed by atoms with van der Waals surface area (Å²) in [6.45, 7) is 1.49. The van der Waals surface area contributed by atoms with Crippen LogP contribution in [0.15, 0.2) is 59.5 Å². The number of nitrogens with zero attached hydrogens (tertiary/aromatic N) is 2. The predicted octanol–water partition coefficient (Wildman–Crippen LogP) is 4.74. The molecule has 1 unspecified atom stereocenters. The van der Waals surface area contributed by atoms with Gasteiger partial charge in [-0.15, -0.1) is 0 Å². The van der Waals surface area contributed by atoms with Gasteiger partial charge in [-0.2, -0.15) is 4.31 Å². The fraction of sp³-hybridized carbons (Fsp3) is 0.552. The number of halogens is 1. The third-order valence-corrected chi connectivity index (χ3v) is 10.1. The average Bonchev–Trinajstić information content (AvgIpc) is 2.93. The molecule has 1 heterocycles. The van der Waals surface area contributed by atoms with Gasteiger partial charge in [0.1, 0.15) is 6.61 Å². The molecule has 0 spiro atoms. The van der Waals surface area contributed by atoms with E-state index in [1.165, 1.54) is 9.87 Å². The summed E-state index contributed by atoms with van der Waals surface area (Å²) in [4.78, 5) is 15.1. The Labute approximate surface area is 232 Å². The maximum absolute atomic E-state index is 12.8. The molecule has 1 saturated carbocycles. The first-order valence-corrected chi connectivity index (χ1v) is 15.4. The van der Waals surface area contributed by atoms with Gasteiger partial charge in [0.05, 0.1) is 11.0 Å². The molecule has 1 atom stereocenters. The lowest BCUT2D eigenvalue weighted by atomic mass is 9.76. The number of ether oxygens (including phenoxy) is 1. The number of carbonyl (C=O) groups is 1. The van der Waals surface area contributed by atoms with Crippen molar-refractivity contribution in [3.05, 3.63) is 65.2 Å². The first-order chi connectivity index (χ1) is 18.2. The molecule has 2 aromatic rings. The molecule has 1 N–H and O–H groups in total. The van der Waals surface area contributed by atoms with Gasteiger partial charge >= 0.3 is 0 Å². The van der Waals surface area contributed by atoms with Gasteiger partial charge in [0.2, 0.25) is 15.9 Å². The van der Waals surface area contributed by atoms with Crippen molar-refractivity contribution in [3.63, 3.8) is 0 Å². The SMILES string of the molecule is CN(C)C(c1ccc(Cl)cc1)C1CCC(CNC(=O)COC2CCN(S(=O)(=O)c3ccccc3)CC2)CC1. The Balaban J connectivity index is 1.15. The molecular weight excluding hydrogens is 522 g/mol. The van der Waals surface area contributed by atoms with Crippen molar-refractivity contribution >= 4 is 27.5 Å². The number of carbonyl (C=O) groups excluding carboxylic acids is 1. The van der Waals surface area contributed by atoms with Crippen LogP contribution in [-0.2, 0) is 19.6 Å². The van der Waals surface area contributed by atoms with Gasteiger partial charge in [-0.05, 0) is 94.3 Å². The van der Waals surface area contributed by atoms with Crippen molar-refractivity contribution in [1.29, 1.82) is 0 Å². The maximum atomic E-state index is 12.8. The van der Waals surface area contributed by atoms with E-state index in [9.17, 15) is 13.2 Å². The van der Waals surface area contributed by atoms with Crippen molar-refractivity contribution in [3.8, 4) is 0 Å². The van der Waals surface area contributed by atoms with E-state index in [1.807, 2.05) is 12.1 Å². The molecule has 0 aromatic heterocycles. The van der Waals surface area contributed by atoms with Gasteiger partial charge in [0, 0.05) is 30.7 Å². The highest BCUT2D eigenvalue weighted by atomic mass is 35.5. The van der Waals surface area contributed by atoms with Crippen LogP contribution >= 0.6 is 11.6 Å². The Morgan fingerprint density at radius 2 is 1.63 bits per heavy atom. The molecule has 38 heavy (non-hydrogen) atoms. The van der Waals surface area contributed by atoms with Crippen LogP contribution in [0.3, 0.4) is 0 Å². The standard InChI is InChI=1S/C29H40ClN3O4S/c1-32(2)29(24-12-14-25(30)15-13-24)23-10-8-22(9-11-23)20-31-28(34)21-37-26-16-18-33(19-17-26)38(35,36)27-6-4-3-5-7-27/h3-7,12-15,22-23,26,29H,8-11,16-21H2,1-2H3,(H,31,34). The van der Waals surface area contributed by atoms with Gasteiger partial charge in [-0.25, -0.2) is 8.42 Å². The smallest absolute Gasteiger partial charge is 0.246 e. The van der Waals surface area contributed by atoms with Crippen molar-refractivity contribution < 1.29 is 17.9 Å². The molecule has 1 saturated heterocycles. The number of nitrogens with one attached hydrogen (secondary N) is 1. The summed E-state index contributed by atoms with van der Waals surface area (Å²) in [6.07, 6.45) is 5.53. The highest BCUT2D eigenvalue weighted by molar-refractivity contribution is 7.89. The third-order valence-electron chi connectivity index (χ3n) is 7.93. The van der Waals surface area contributed by atoms with Crippen LogP contribution in [0.5, 0.6) is 0 Å². The number of piperidine rings is 1. The number of hydrogen-bond donors (Lipinski definition) is 1. The molecule has 1 amide bonds. The largest absolute Gasteiger partial charge is 0.368 e. The van der Waals surface area contributed by atoms with Gasteiger partial charge in [-0.3, -0.25) is 4.79 Å². The van der Waals surface area contributed by atoms with Crippen molar-refractivity contribution in [1.82, 2.24) is 14.5 Å². The summed E-state index contributed by atoms with van der Waals surface area (Å²) in [7, 11) is 0.794. The van der Waals surface area contributed by atoms with Crippen molar-refractivity contribution in [2.45, 2.75) is 55.6 Å². The first kappa shape index (κ1) is 29.0. The Hall–Kier alpha value is -1.97. The van der Waals surface area contributed by atoms with Crippen LogP contribution in [-0.4, -0.2) is 70.0 Å². The lowest BCUT2D eigenvalue weighted by molar-refractivity contribution is -0.128. The number of hydrogen-bond acceptors (Lipinski definition) is 5. The van der Waals surface area contributed by atoms with Gasteiger partial charge in [0.25, 0.3) is 0 Å². The zero-order valence-electron chi connectivity index (χ0n) is 22.4.